The fraction of sp³-hybridized carbons (Fsp3) is 0.625. The normalized spacial score (nSPS) is 17.9. The fourth-order valence-electron chi connectivity index (χ4n) is 2.94. The first kappa shape index (κ1) is 20.2. The number of piperazine rings is 1. The average molecular weight is 355 g/mol. The molecule has 1 heterocycles. The maximum absolute atomic E-state index is 14.5. The number of benzene rings is 1. The first-order valence-corrected chi connectivity index (χ1v) is 7.61. The molecular formula is C16H23ClF4N2. The van der Waals surface area contributed by atoms with Crippen molar-refractivity contribution in [1.82, 2.24) is 10.2 Å². The molecule has 1 N–H and O–H groups in total. The third-order valence-electron chi connectivity index (χ3n) is 3.98. The predicted octanol–water partition coefficient (Wildman–Crippen LogP) is 4.26. The summed E-state index contributed by atoms with van der Waals surface area (Å²) in [6, 6.07) is 3.28. The van der Waals surface area contributed by atoms with Gasteiger partial charge in [0.1, 0.15) is 5.82 Å². The molecule has 1 saturated heterocycles. The van der Waals surface area contributed by atoms with E-state index in [9.17, 15) is 17.6 Å². The van der Waals surface area contributed by atoms with E-state index in [2.05, 4.69) is 10.2 Å². The summed E-state index contributed by atoms with van der Waals surface area (Å²) in [4.78, 5) is 2.08. The molecule has 0 radical (unpaired) electrons. The zero-order valence-corrected chi connectivity index (χ0v) is 14.1. The van der Waals surface area contributed by atoms with E-state index >= 15 is 0 Å². The zero-order valence-electron chi connectivity index (χ0n) is 13.3. The molecule has 1 fully saturated rings. The number of halogens is 5. The highest BCUT2D eigenvalue weighted by Crippen LogP contribution is 2.37. The van der Waals surface area contributed by atoms with E-state index in [1.165, 1.54) is 12.1 Å². The monoisotopic (exact) mass is 354 g/mol. The molecule has 0 aromatic heterocycles. The maximum Gasteiger partial charge on any atom is 0.419 e. The largest absolute Gasteiger partial charge is 0.419 e. The summed E-state index contributed by atoms with van der Waals surface area (Å²) >= 11 is 0. The van der Waals surface area contributed by atoms with Gasteiger partial charge in [0.25, 0.3) is 0 Å². The zero-order chi connectivity index (χ0) is 16.3. The van der Waals surface area contributed by atoms with E-state index < -0.39 is 17.6 Å². The molecule has 1 atom stereocenters. The van der Waals surface area contributed by atoms with Gasteiger partial charge in [-0.1, -0.05) is 26.0 Å². The minimum Gasteiger partial charge on any atom is -0.314 e. The number of nitrogens with zero attached hydrogens (tertiary/aromatic N) is 1. The van der Waals surface area contributed by atoms with E-state index in [4.69, 9.17) is 0 Å². The molecular weight excluding hydrogens is 332 g/mol. The summed E-state index contributed by atoms with van der Waals surface area (Å²) in [5, 5.41) is 3.21. The SMILES string of the molecule is CC(C)C[C@H](c1cccc(C(F)(F)F)c1F)N1CCNCC1.Cl. The van der Waals surface area contributed by atoms with Gasteiger partial charge in [-0.25, -0.2) is 4.39 Å². The Labute approximate surface area is 140 Å². The molecule has 1 aromatic carbocycles. The summed E-state index contributed by atoms with van der Waals surface area (Å²) in [7, 11) is 0. The molecule has 0 bridgehead atoms. The summed E-state index contributed by atoms with van der Waals surface area (Å²) in [6.07, 6.45) is -4.02. The van der Waals surface area contributed by atoms with Crippen molar-refractivity contribution in [2.45, 2.75) is 32.5 Å². The smallest absolute Gasteiger partial charge is 0.314 e. The molecule has 0 amide bonds. The number of rotatable bonds is 4. The second kappa shape index (κ2) is 8.31. The Balaban J connectivity index is 0.00000264. The van der Waals surface area contributed by atoms with Crippen molar-refractivity contribution < 1.29 is 17.6 Å². The quantitative estimate of drug-likeness (QED) is 0.813. The molecule has 23 heavy (non-hydrogen) atoms. The van der Waals surface area contributed by atoms with Gasteiger partial charge in [0.2, 0.25) is 0 Å². The van der Waals surface area contributed by atoms with Crippen molar-refractivity contribution in [3.63, 3.8) is 0 Å². The Hall–Kier alpha value is -0.850. The van der Waals surface area contributed by atoms with Crippen molar-refractivity contribution in [3.05, 3.63) is 35.1 Å². The van der Waals surface area contributed by atoms with Gasteiger partial charge in [0.05, 0.1) is 5.56 Å². The lowest BCUT2D eigenvalue weighted by Crippen LogP contribution is -2.45. The molecule has 0 aliphatic carbocycles. The van der Waals surface area contributed by atoms with Crippen LogP contribution >= 0.6 is 12.4 Å². The van der Waals surface area contributed by atoms with Crippen LogP contribution in [0.2, 0.25) is 0 Å². The molecule has 1 aliphatic rings. The van der Waals surface area contributed by atoms with Crippen molar-refractivity contribution >= 4 is 12.4 Å². The summed E-state index contributed by atoms with van der Waals surface area (Å²) < 4.78 is 53.3. The lowest BCUT2D eigenvalue weighted by Gasteiger charge is -2.36. The van der Waals surface area contributed by atoms with E-state index in [0.717, 1.165) is 19.2 Å². The molecule has 0 saturated carbocycles. The van der Waals surface area contributed by atoms with Crippen LogP contribution in [0.25, 0.3) is 0 Å². The maximum atomic E-state index is 14.5. The molecule has 2 nitrogen and oxygen atoms in total. The lowest BCUT2D eigenvalue weighted by molar-refractivity contribution is -0.140. The first-order chi connectivity index (χ1) is 10.3. The van der Waals surface area contributed by atoms with E-state index in [1.54, 1.807) is 0 Å². The van der Waals surface area contributed by atoms with Crippen LogP contribution in [-0.4, -0.2) is 31.1 Å². The van der Waals surface area contributed by atoms with Gasteiger partial charge in [0, 0.05) is 37.8 Å². The Morgan fingerprint density at radius 3 is 2.30 bits per heavy atom. The average Bonchev–Trinajstić information content (AvgIpc) is 2.45. The summed E-state index contributed by atoms with van der Waals surface area (Å²) in [5.41, 5.74) is -1.01. The van der Waals surface area contributed by atoms with Crippen LogP contribution < -0.4 is 5.32 Å². The van der Waals surface area contributed by atoms with Gasteiger partial charge < -0.3 is 5.32 Å². The Morgan fingerprint density at radius 1 is 1.17 bits per heavy atom. The van der Waals surface area contributed by atoms with Crippen LogP contribution in [0, 0.1) is 11.7 Å². The Morgan fingerprint density at radius 2 is 1.78 bits per heavy atom. The second-order valence-electron chi connectivity index (χ2n) is 6.14. The van der Waals surface area contributed by atoms with Gasteiger partial charge >= 0.3 is 6.18 Å². The van der Waals surface area contributed by atoms with Gasteiger partial charge in [-0.05, 0) is 18.4 Å². The van der Waals surface area contributed by atoms with E-state index in [-0.39, 0.29) is 29.9 Å². The number of hydrogen-bond acceptors (Lipinski definition) is 2. The molecule has 2 rings (SSSR count). The Kier molecular flexibility index (Phi) is 7.29. The molecule has 0 spiro atoms. The van der Waals surface area contributed by atoms with Gasteiger partial charge in [-0.15, -0.1) is 12.4 Å². The molecule has 7 heteroatoms. The highest BCUT2D eigenvalue weighted by Gasteiger charge is 2.36. The van der Waals surface area contributed by atoms with Crippen molar-refractivity contribution in [2.75, 3.05) is 26.2 Å². The van der Waals surface area contributed by atoms with Gasteiger partial charge in [-0.3, -0.25) is 4.90 Å². The van der Waals surface area contributed by atoms with Crippen LogP contribution in [0.4, 0.5) is 17.6 Å². The van der Waals surface area contributed by atoms with Crippen molar-refractivity contribution in [2.24, 2.45) is 5.92 Å². The van der Waals surface area contributed by atoms with E-state index in [0.29, 0.717) is 19.5 Å². The third kappa shape index (κ3) is 5.06. The number of hydrogen-bond donors (Lipinski definition) is 1. The van der Waals surface area contributed by atoms with Crippen LogP contribution in [0.3, 0.4) is 0 Å². The lowest BCUT2D eigenvalue weighted by atomic mass is 9.93. The topological polar surface area (TPSA) is 15.3 Å². The Bertz CT molecular complexity index is 499. The second-order valence-corrected chi connectivity index (χ2v) is 6.14. The van der Waals surface area contributed by atoms with Crippen molar-refractivity contribution in [3.8, 4) is 0 Å². The van der Waals surface area contributed by atoms with Crippen molar-refractivity contribution in [1.29, 1.82) is 0 Å². The van der Waals surface area contributed by atoms with E-state index in [1.807, 2.05) is 13.8 Å². The van der Waals surface area contributed by atoms with Gasteiger partial charge in [-0.2, -0.15) is 13.2 Å². The van der Waals surface area contributed by atoms with Crippen LogP contribution in [0.1, 0.15) is 37.4 Å². The first-order valence-electron chi connectivity index (χ1n) is 7.61. The summed E-state index contributed by atoms with van der Waals surface area (Å²) in [5.74, 6) is -0.854. The molecule has 132 valence electrons. The standard InChI is InChI=1S/C16H22F4N2.ClH/c1-11(2)10-14(22-8-6-21-7-9-22)12-4-3-5-13(15(12)17)16(18,19)20;/h3-5,11,14,21H,6-10H2,1-2H3;1H/t14-;/m1./s1. The fourth-order valence-corrected chi connectivity index (χ4v) is 2.94. The predicted molar refractivity (Wildman–Crippen MR) is 85.3 cm³/mol. The van der Waals surface area contributed by atoms with Crippen LogP contribution in [0.15, 0.2) is 18.2 Å². The van der Waals surface area contributed by atoms with Crippen LogP contribution in [0.5, 0.6) is 0 Å². The molecule has 1 aliphatic heterocycles. The van der Waals surface area contributed by atoms with Crippen LogP contribution in [-0.2, 0) is 6.18 Å². The highest BCUT2D eigenvalue weighted by molar-refractivity contribution is 5.85. The minimum atomic E-state index is -4.66. The van der Waals surface area contributed by atoms with Gasteiger partial charge in [0.15, 0.2) is 0 Å². The molecule has 0 unspecified atom stereocenters. The number of alkyl halides is 3. The molecule has 1 aromatic rings. The summed E-state index contributed by atoms with van der Waals surface area (Å²) in [6.45, 7) is 6.98. The third-order valence-corrected chi connectivity index (χ3v) is 3.98. The minimum absolute atomic E-state index is 0. The number of nitrogens with one attached hydrogen (secondary N) is 1. The highest BCUT2D eigenvalue weighted by atomic mass is 35.5.